The average Bonchev–Trinajstić information content (AvgIpc) is 2.27. The zero-order valence-electron chi connectivity index (χ0n) is 10.9. The summed E-state index contributed by atoms with van der Waals surface area (Å²) in [5.41, 5.74) is 0.995. The van der Waals surface area contributed by atoms with E-state index in [2.05, 4.69) is 10.3 Å². The van der Waals surface area contributed by atoms with Crippen LogP contribution in [0.2, 0.25) is 0 Å². The van der Waals surface area contributed by atoms with Gasteiger partial charge >= 0.3 is 5.97 Å². The summed E-state index contributed by atoms with van der Waals surface area (Å²) in [6.45, 7) is 6.22. The molecule has 1 aliphatic rings. The van der Waals surface area contributed by atoms with Gasteiger partial charge in [-0.25, -0.2) is 4.79 Å². The summed E-state index contributed by atoms with van der Waals surface area (Å²) in [4.78, 5) is 26.3. The van der Waals surface area contributed by atoms with Crippen molar-refractivity contribution in [2.24, 2.45) is 0 Å². The minimum atomic E-state index is -0.539. The number of aromatic nitrogens is 1. The molecule has 1 aliphatic heterocycles. The molecule has 5 heteroatoms. The smallest absolute Gasteiger partial charge is 0.340 e. The Balaban J connectivity index is 2.40. The van der Waals surface area contributed by atoms with E-state index < -0.39 is 11.6 Å². The molecule has 0 aliphatic carbocycles. The van der Waals surface area contributed by atoms with E-state index in [1.54, 1.807) is 0 Å². The molecule has 2 heterocycles. The van der Waals surface area contributed by atoms with Crippen molar-refractivity contribution in [1.29, 1.82) is 0 Å². The number of rotatable bonds is 1. The Morgan fingerprint density at radius 1 is 1.39 bits per heavy atom. The first kappa shape index (κ1) is 12.7. The Bertz CT molecular complexity index is 526. The molecule has 0 saturated carbocycles. The highest BCUT2D eigenvalue weighted by Crippen LogP contribution is 2.23. The second-order valence-electron chi connectivity index (χ2n) is 5.42. The Hall–Kier alpha value is -1.78. The van der Waals surface area contributed by atoms with Gasteiger partial charge in [-0.15, -0.1) is 0 Å². The van der Waals surface area contributed by atoms with Crippen LogP contribution in [0.5, 0.6) is 0 Å². The molecule has 0 amide bonds. The lowest BCUT2D eigenvalue weighted by atomic mass is 10.00. The Morgan fingerprint density at radius 3 is 2.78 bits per heavy atom. The van der Waals surface area contributed by atoms with Crippen LogP contribution in [0.15, 0.2) is 11.0 Å². The molecular formula is C13H18N2O3. The highest BCUT2D eigenvalue weighted by atomic mass is 16.6. The minimum absolute atomic E-state index is 0.183. The van der Waals surface area contributed by atoms with Gasteiger partial charge in [0.2, 0.25) is 0 Å². The number of carbonyl (C=O) groups is 1. The van der Waals surface area contributed by atoms with Crippen molar-refractivity contribution in [2.75, 3.05) is 11.9 Å². The standard InChI is InChI=1S/C13H18N2O3/c1-13(2,3)18-12(17)9-7-15-11(16)10-8(9)5-4-6-14-10/h7,14H,4-6H2,1-3H3,(H,15,16). The molecule has 18 heavy (non-hydrogen) atoms. The van der Waals surface area contributed by atoms with Crippen LogP contribution >= 0.6 is 0 Å². The molecule has 1 aromatic rings. The maximum Gasteiger partial charge on any atom is 0.340 e. The summed E-state index contributed by atoms with van der Waals surface area (Å²) in [5.74, 6) is -0.390. The van der Waals surface area contributed by atoms with Crippen molar-refractivity contribution in [2.45, 2.75) is 39.2 Å². The fourth-order valence-electron chi connectivity index (χ4n) is 2.01. The molecular weight excluding hydrogens is 232 g/mol. The zero-order valence-corrected chi connectivity index (χ0v) is 10.9. The molecule has 1 aromatic heterocycles. The monoisotopic (exact) mass is 250 g/mol. The number of anilines is 1. The number of nitrogens with one attached hydrogen (secondary N) is 2. The molecule has 0 atom stereocenters. The minimum Gasteiger partial charge on any atom is -0.456 e. The molecule has 2 N–H and O–H groups in total. The average molecular weight is 250 g/mol. The van der Waals surface area contributed by atoms with Crippen molar-refractivity contribution < 1.29 is 9.53 Å². The number of esters is 1. The van der Waals surface area contributed by atoms with E-state index in [1.807, 2.05) is 20.8 Å². The van der Waals surface area contributed by atoms with E-state index in [1.165, 1.54) is 6.20 Å². The van der Waals surface area contributed by atoms with E-state index >= 15 is 0 Å². The summed E-state index contributed by atoms with van der Waals surface area (Å²) in [5, 5.41) is 3.04. The van der Waals surface area contributed by atoms with E-state index in [4.69, 9.17) is 4.74 Å². The summed E-state index contributed by atoms with van der Waals surface area (Å²) < 4.78 is 5.34. The third kappa shape index (κ3) is 2.55. The quantitative estimate of drug-likeness (QED) is 0.744. The van der Waals surface area contributed by atoms with Crippen molar-refractivity contribution >= 4 is 11.7 Å². The SMILES string of the molecule is CC(C)(C)OC(=O)c1c[nH]c(=O)c2c1CCCN2. The molecule has 0 aromatic carbocycles. The Kier molecular flexibility index (Phi) is 3.15. The Morgan fingerprint density at radius 2 is 2.11 bits per heavy atom. The van der Waals surface area contributed by atoms with E-state index in [0.717, 1.165) is 24.9 Å². The molecule has 0 spiro atoms. The number of aromatic amines is 1. The van der Waals surface area contributed by atoms with Gasteiger partial charge in [0.05, 0.1) is 5.56 Å². The lowest BCUT2D eigenvalue weighted by Gasteiger charge is -2.23. The third-order valence-electron chi connectivity index (χ3n) is 2.73. The molecule has 98 valence electrons. The van der Waals surface area contributed by atoms with Gasteiger partial charge < -0.3 is 15.0 Å². The summed E-state index contributed by atoms with van der Waals surface area (Å²) in [6, 6.07) is 0. The van der Waals surface area contributed by atoms with Gasteiger partial charge in [0, 0.05) is 12.7 Å². The van der Waals surface area contributed by atoms with E-state index in [9.17, 15) is 9.59 Å². The summed E-state index contributed by atoms with van der Waals surface area (Å²) >= 11 is 0. The van der Waals surface area contributed by atoms with Crippen molar-refractivity contribution in [3.8, 4) is 0 Å². The van der Waals surface area contributed by atoms with Crippen LogP contribution in [0.3, 0.4) is 0 Å². The highest BCUT2D eigenvalue weighted by molar-refractivity contribution is 5.92. The third-order valence-corrected chi connectivity index (χ3v) is 2.73. The van der Waals surface area contributed by atoms with Crippen LogP contribution in [0, 0.1) is 0 Å². The maximum absolute atomic E-state index is 12.1. The van der Waals surface area contributed by atoms with Crippen molar-refractivity contribution in [3.05, 3.63) is 27.7 Å². The molecule has 0 unspecified atom stereocenters. The van der Waals surface area contributed by atoms with Crippen LogP contribution in [-0.4, -0.2) is 23.1 Å². The molecule has 0 saturated heterocycles. The van der Waals surface area contributed by atoms with Crippen LogP contribution in [-0.2, 0) is 11.2 Å². The number of H-pyrrole nitrogens is 1. The molecule has 2 rings (SSSR count). The second-order valence-corrected chi connectivity index (χ2v) is 5.42. The first-order chi connectivity index (χ1) is 8.38. The zero-order chi connectivity index (χ0) is 13.3. The fraction of sp³-hybridized carbons (Fsp3) is 0.538. The van der Waals surface area contributed by atoms with Crippen LogP contribution in [0.25, 0.3) is 0 Å². The number of carbonyl (C=O) groups excluding carboxylic acids is 1. The number of hydrogen-bond acceptors (Lipinski definition) is 4. The predicted octanol–water partition coefficient (Wildman–Crippen LogP) is 1.69. The molecule has 5 nitrogen and oxygen atoms in total. The number of fused-ring (bicyclic) bond motifs is 1. The highest BCUT2D eigenvalue weighted by Gasteiger charge is 2.24. The van der Waals surface area contributed by atoms with E-state index in [-0.39, 0.29) is 5.56 Å². The summed E-state index contributed by atoms with van der Waals surface area (Å²) in [6.07, 6.45) is 3.08. The lowest BCUT2D eigenvalue weighted by molar-refractivity contribution is 0.00678. The van der Waals surface area contributed by atoms with Gasteiger partial charge in [0.25, 0.3) is 5.56 Å². The van der Waals surface area contributed by atoms with Gasteiger partial charge in [0.15, 0.2) is 0 Å². The number of pyridine rings is 1. The number of hydrogen-bond donors (Lipinski definition) is 2. The Labute approximate surface area is 106 Å². The molecule has 0 bridgehead atoms. The van der Waals surface area contributed by atoms with Gasteiger partial charge in [-0.05, 0) is 39.2 Å². The first-order valence-corrected chi connectivity index (χ1v) is 6.10. The van der Waals surface area contributed by atoms with Crippen molar-refractivity contribution in [3.63, 3.8) is 0 Å². The van der Waals surface area contributed by atoms with Gasteiger partial charge in [-0.3, -0.25) is 4.79 Å². The predicted molar refractivity (Wildman–Crippen MR) is 69.0 cm³/mol. The summed E-state index contributed by atoms with van der Waals surface area (Å²) in [7, 11) is 0. The van der Waals surface area contributed by atoms with Crippen LogP contribution < -0.4 is 10.9 Å². The lowest BCUT2D eigenvalue weighted by Crippen LogP contribution is -2.28. The van der Waals surface area contributed by atoms with Crippen molar-refractivity contribution in [1.82, 2.24) is 4.98 Å². The first-order valence-electron chi connectivity index (χ1n) is 6.10. The second kappa shape index (κ2) is 4.48. The van der Waals surface area contributed by atoms with Crippen LogP contribution in [0.1, 0.15) is 43.1 Å². The topological polar surface area (TPSA) is 71.2 Å². The van der Waals surface area contributed by atoms with Gasteiger partial charge in [0.1, 0.15) is 11.3 Å². The van der Waals surface area contributed by atoms with Crippen LogP contribution in [0.4, 0.5) is 5.69 Å². The number of ether oxygens (including phenoxy) is 1. The maximum atomic E-state index is 12.1. The molecule has 0 fully saturated rings. The normalized spacial score (nSPS) is 14.6. The van der Waals surface area contributed by atoms with Gasteiger partial charge in [-0.2, -0.15) is 0 Å². The largest absolute Gasteiger partial charge is 0.456 e. The fourth-order valence-corrected chi connectivity index (χ4v) is 2.01. The van der Waals surface area contributed by atoms with Gasteiger partial charge in [-0.1, -0.05) is 0 Å². The van der Waals surface area contributed by atoms with E-state index in [0.29, 0.717) is 11.3 Å². The molecule has 0 radical (unpaired) electrons.